The zero-order valence-electron chi connectivity index (χ0n) is 10.8. The molecular weight excluding hydrogens is 280 g/mol. The van der Waals surface area contributed by atoms with Gasteiger partial charge in [0.25, 0.3) is 0 Å². The van der Waals surface area contributed by atoms with Gasteiger partial charge in [-0.05, 0) is 52.4 Å². The third kappa shape index (κ3) is 5.55. The van der Waals surface area contributed by atoms with Crippen LogP contribution >= 0.6 is 15.9 Å². The lowest BCUT2D eigenvalue weighted by Crippen LogP contribution is -1.98. The van der Waals surface area contributed by atoms with Gasteiger partial charge in [-0.15, -0.1) is 0 Å². The summed E-state index contributed by atoms with van der Waals surface area (Å²) in [6.07, 6.45) is 2.36. The van der Waals surface area contributed by atoms with Crippen LogP contribution in [0.3, 0.4) is 0 Å². The van der Waals surface area contributed by atoms with E-state index in [2.05, 4.69) is 29.8 Å². The maximum Gasteiger partial charge on any atom is 0.133 e. The van der Waals surface area contributed by atoms with Crippen molar-refractivity contribution in [3.8, 4) is 5.75 Å². The molecule has 0 spiro atoms. The van der Waals surface area contributed by atoms with Crippen LogP contribution in [0.5, 0.6) is 5.75 Å². The molecule has 0 aliphatic rings. The van der Waals surface area contributed by atoms with Crippen LogP contribution in [0.25, 0.3) is 0 Å². The molecule has 0 bridgehead atoms. The molecule has 0 aromatic heterocycles. The molecule has 3 heteroatoms. The Kier molecular flexibility index (Phi) is 6.60. The predicted molar refractivity (Wildman–Crippen MR) is 74.4 cm³/mol. The molecular formula is C14H21BrO2. The van der Waals surface area contributed by atoms with Crippen molar-refractivity contribution in [1.29, 1.82) is 0 Å². The SMILES string of the molecule is COc1ccc(COCCCC(C)C)cc1Br. The topological polar surface area (TPSA) is 18.5 Å². The second-order valence-corrected chi connectivity index (χ2v) is 5.41. The van der Waals surface area contributed by atoms with Gasteiger partial charge in [-0.2, -0.15) is 0 Å². The Bertz CT molecular complexity index is 337. The van der Waals surface area contributed by atoms with E-state index in [9.17, 15) is 0 Å². The number of halogens is 1. The highest BCUT2D eigenvalue weighted by molar-refractivity contribution is 9.10. The van der Waals surface area contributed by atoms with Crippen molar-refractivity contribution in [3.63, 3.8) is 0 Å². The molecule has 0 unspecified atom stereocenters. The molecule has 0 N–H and O–H groups in total. The molecule has 0 aliphatic carbocycles. The minimum Gasteiger partial charge on any atom is -0.496 e. The van der Waals surface area contributed by atoms with Crippen LogP contribution in [0.15, 0.2) is 22.7 Å². The molecule has 0 saturated carbocycles. The first-order chi connectivity index (χ1) is 8.13. The summed E-state index contributed by atoms with van der Waals surface area (Å²) >= 11 is 3.47. The number of ether oxygens (including phenoxy) is 2. The predicted octanol–water partition coefficient (Wildman–Crippen LogP) is 4.41. The highest BCUT2D eigenvalue weighted by Gasteiger charge is 2.01. The van der Waals surface area contributed by atoms with E-state index in [1.165, 1.54) is 12.0 Å². The Balaban J connectivity index is 2.30. The molecule has 2 nitrogen and oxygen atoms in total. The number of hydrogen-bond donors (Lipinski definition) is 0. The summed E-state index contributed by atoms with van der Waals surface area (Å²) in [6, 6.07) is 6.03. The minimum atomic E-state index is 0.667. The first kappa shape index (κ1) is 14.5. The number of methoxy groups -OCH3 is 1. The minimum absolute atomic E-state index is 0.667. The fourth-order valence-corrected chi connectivity index (χ4v) is 2.17. The van der Waals surface area contributed by atoms with E-state index in [0.717, 1.165) is 29.2 Å². The van der Waals surface area contributed by atoms with Gasteiger partial charge in [0, 0.05) is 6.61 Å². The zero-order valence-corrected chi connectivity index (χ0v) is 12.4. The summed E-state index contributed by atoms with van der Waals surface area (Å²) in [6.45, 7) is 5.98. The van der Waals surface area contributed by atoms with Gasteiger partial charge in [0.1, 0.15) is 5.75 Å². The standard InChI is InChI=1S/C14H21BrO2/c1-11(2)5-4-8-17-10-12-6-7-14(16-3)13(15)9-12/h6-7,9,11H,4-5,8,10H2,1-3H3. The van der Waals surface area contributed by atoms with Crippen molar-refractivity contribution >= 4 is 15.9 Å². The van der Waals surface area contributed by atoms with E-state index in [0.29, 0.717) is 6.61 Å². The smallest absolute Gasteiger partial charge is 0.133 e. The van der Waals surface area contributed by atoms with Crippen molar-refractivity contribution in [2.45, 2.75) is 33.3 Å². The van der Waals surface area contributed by atoms with Gasteiger partial charge in [-0.25, -0.2) is 0 Å². The van der Waals surface area contributed by atoms with Gasteiger partial charge in [-0.3, -0.25) is 0 Å². The average Bonchev–Trinajstić information content (AvgIpc) is 2.28. The van der Waals surface area contributed by atoms with Crippen molar-refractivity contribution in [2.24, 2.45) is 5.92 Å². The van der Waals surface area contributed by atoms with Crippen LogP contribution in [-0.4, -0.2) is 13.7 Å². The van der Waals surface area contributed by atoms with Crippen molar-refractivity contribution in [1.82, 2.24) is 0 Å². The lowest BCUT2D eigenvalue weighted by atomic mass is 10.1. The molecule has 0 aliphatic heterocycles. The van der Waals surface area contributed by atoms with Crippen molar-refractivity contribution in [2.75, 3.05) is 13.7 Å². The average molecular weight is 301 g/mol. The van der Waals surface area contributed by atoms with Crippen LogP contribution in [0.4, 0.5) is 0 Å². The van der Waals surface area contributed by atoms with Gasteiger partial charge in [-0.1, -0.05) is 19.9 Å². The molecule has 0 saturated heterocycles. The maximum absolute atomic E-state index is 5.64. The molecule has 0 heterocycles. The molecule has 0 radical (unpaired) electrons. The second-order valence-electron chi connectivity index (χ2n) is 4.56. The monoisotopic (exact) mass is 300 g/mol. The van der Waals surface area contributed by atoms with Crippen LogP contribution < -0.4 is 4.74 Å². The van der Waals surface area contributed by atoms with E-state index in [4.69, 9.17) is 9.47 Å². The first-order valence-corrected chi connectivity index (χ1v) is 6.83. The number of rotatable bonds is 7. The molecule has 0 fully saturated rings. The summed E-state index contributed by atoms with van der Waals surface area (Å²) in [5.41, 5.74) is 1.17. The van der Waals surface area contributed by atoms with Crippen LogP contribution in [0, 0.1) is 5.92 Å². The zero-order chi connectivity index (χ0) is 12.7. The molecule has 1 aromatic rings. The van der Waals surface area contributed by atoms with Gasteiger partial charge >= 0.3 is 0 Å². The van der Waals surface area contributed by atoms with Crippen molar-refractivity contribution in [3.05, 3.63) is 28.2 Å². The van der Waals surface area contributed by atoms with Gasteiger partial charge in [0.2, 0.25) is 0 Å². The molecule has 0 amide bonds. The second kappa shape index (κ2) is 7.72. The fraction of sp³-hybridized carbons (Fsp3) is 0.571. The Morgan fingerprint density at radius 3 is 2.65 bits per heavy atom. The fourth-order valence-electron chi connectivity index (χ4n) is 1.58. The van der Waals surface area contributed by atoms with Crippen LogP contribution in [-0.2, 0) is 11.3 Å². The van der Waals surface area contributed by atoms with Crippen LogP contribution in [0.2, 0.25) is 0 Å². The Hall–Kier alpha value is -0.540. The molecule has 17 heavy (non-hydrogen) atoms. The maximum atomic E-state index is 5.64. The summed E-state index contributed by atoms with van der Waals surface area (Å²) < 4.78 is 11.8. The Morgan fingerprint density at radius 2 is 2.06 bits per heavy atom. The van der Waals surface area contributed by atoms with Gasteiger partial charge < -0.3 is 9.47 Å². The van der Waals surface area contributed by atoms with Gasteiger partial charge in [0.05, 0.1) is 18.2 Å². The van der Waals surface area contributed by atoms with Crippen LogP contribution in [0.1, 0.15) is 32.3 Å². The number of benzene rings is 1. The third-order valence-electron chi connectivity index (χ3n) is 2.56. The highest BCUT2D eigenvalue weighted by Crippen LogP contribution is 2.25. The van der Waals surface area contributed by atoms with E-state index in [-0.39, 0.29) is 0 Å². The van der Waals surface area contributed by atoms with E-state index in [1.54, 1.807) is 7.11 Å². The summed E-state index contributed by atoms with van der Waals surface area (Å²) in [5, 5.41) is 0. The summed E-state index contributed by atoms with van der Waals surface area (Å²) in [7, 11) is 1.67. The lowest BCUT2D eigenvalue weighted by Gasteiger charge is -2.08. The number of hydrogen-bond acceptors (Lipinski definition) is 2. The molecule has 1 rings (SSSR count). The third-order valence-corrected chi connectivity index (χ3v) is 3.17. The normalized spacial score (nSPS) is 10.9. The molecule has 1 aromatic carbocycles. The largest absolute Gasteiger partial charge is 0.496 e. The highest BCUT2D eigenvalue weighted by atomic mass is 79.9. The molecule has 96 valence electrons. The van der Waals surface area contributed by atoms with E-state index < -0.39 is 0 Å². The Labute approximate surface area is 112 Å². The Morgan fingerprint density at radius 1 is 1.29 bits per heavy atom. The first-order valence-electron chi connectivity index (χ1n) is 6.03. The van der Waals surface area contributed by atoms with Gasteiger partial charge in [0.15, 0.2) is 0 Å². The lowest BCUT2D eigenvalue weighted by molar-refractivity contribution is 0.115. The van der Waals surface area contributed by atoms with Crippen molar-refractivity contribution < 1.29 is 9.47 Å². The van der Waals surface area contributed by atoms with E-state index >= 15 is 0 Å². The van der Waals surface area contributed by atoms with E-state index in [1.807, 2.05) is 18.2 Å². The quantitative estimate of drug-likeness (QED) is 0.694. The summed E-state index contributed by atoms with van der Waals surface area (Å²) in [5.74, 6) is 1.61. The molecule has 0 atom stereocenters. The summed E-state index contributed by atoms with van der Waals surface area (Å²) in [4.78, 5) is 0.